The van der Waals surface area contributed by atoms with Crippen molar-refractivity contribution < 1.29 is 44.7 Å². The van der Waals surface area contributed by atoms with E-state index in [0.717, 1.165) is 17.0 Å². The second kappa shape index (κ2) is 11.1. The molecule has 1 aromatic heterocycles. The zero-order chi connectivity index (χ0) is 31.2. The van der Waals surface area contributed by atoms with E-state index in [0.29, 0.717) is 5.56 Å². The lowest BCUT2D eigenvalue weighted by Crippen LogP contribution is -2.43. The molecular formula is C28H24F7N5O3. The lowest BCUT2D eigenvalue weighted by molar-refractivity contribution is -0.150. The number of nitrogens with zero attached hydrogens (tertiary/aromatic N) is 3. The van der Waals surface area contributed by atoms with E-state index in [1.165, 1.54) is 30.3 Å². The minimum atomic E-state index is -4.62. The average molecular weight is 612 g/mol. The van der Waals surface area contributed by atoms with Crippen LogP contribution in [0.15, 0.2) is 46.9 Å². The molecule has 1 aliphatic carbocycles. The van der Waals surface area contributed by atoms with E-state index in [-0.39, 0.29) is 41.9 Å². The number of amides is 3. The fraction of sp³-hybridized carbons (Fsp3) is 0.429. The molecule has 0 radical (unpaired) electrons. The van der Waals surface area contributed by atoms with Crippen LogP contribution in [0.2, 0.25) is 0 Å². The number of urea groups is 1. The molecule has 2 N–H and O–H groups in total. The van der Waals surface area contributed by atoms with Crippen molar-refractivity contribution in [3.8, 4) is 6.07 Å². The van der Waals surface area contributed by atoms with E-state index >= 15 is 8.78 Å². The summed E-state index contributed by atoms with van der Waals surface area (Å²) in [6.45, 7) is -0.793. The molecule has 0 bridgehead atoms. The molecule has 15 heteroatoms. The Kier molecular flexibility index (Phi) is 7.74. The number of oxazole rings is 1. The van der Waals surface area contributed by atoms with Gasteiger partial charge in [-0.3, -0.25) is 4.79 Å². The van der Waals surface area contributed by atoms with Crippen molar-refractivity contribution in [2.24, 2.45) is 5.92 Å². The summed E-state index contributed by atoms with van der Waals surface area (Å²) in [5.74, 6) is -9.73. The Hall–Kier alpha value is -4.35. The van der Waals surface area contributed by atoms with Crippen LogP contribution in [-0.2, 0) is 17.3 Å². The number of halogens is 7. The first kappa shape index (κ1) is 30.1. The summed E-state index contributed by atoms with van der Waals surface area (Å²) >= 11 is 0. The first-order chi connectivity index (χ1) is 20.2. The number of benzene rings is 2. The van der Waals surface area contributed by atoms with Gasteiger partial charge in [-0.15, -0.1) is 0 Å². The van der Waals surface area contributed by atoms with Crippen LogP contribution in [0, 0.1) is 17.2 Å². The first-order valence-corrected chi connectivity index (χ1v) is 13.2. The molecule has 3 amide bonds. The Morgan fingerprint density at radius 1 is 1.16 bits per heavy atom. The third kappa shape index (κ3) is 6.37. The second-order valence-corrected chi connectivity index (χ2v) is 10.7. The SMILES string of the molecule is N#Cc1cccc(C(F)(F)C(=O)N[C@H](c2nc3cc(CN4C[C@@H](C(F)(F)F)NC4=O)ccc3o2)C2CCC(F)(F)CC2)c1. The number of rotatable bonds is 7. The number of hydrogen-bond acceptors (Lipinski definition) is 5. The van der Waals surface area contributed by atoms with Crippen molar-refractivity contribution in [2.45, 2.75) is 62.3 Å². The monoisotopic (exact) mass is 611 g/mol. The van der Waals surface area contributed by atoms with E-state index in [9.17, 15) is 31.5 Å². The summed E-state index contributed by atoms with van der Waals surface area (Å²) in [5, 5.41) is 13.1. The van der Waals surface area contributed by atoms with Crippen molar-refractivity contribution in [2.75, 3.05) is 6.54 Å². The maximum Gasteiger partial charge on any atom is 0.410 e. The second-order valence-electron chi connectivity index (χ2n) is 10.7. The van der Waals surface area contributed by atoms with Crippen LogP contribution < -0.4 is 10.6 Å². The zero-order valence-electron chi connectivity index (χ0n) is 22.2. The molecule has 228 valence electrons. The predicted octanol–water partition coefficient (Wildman–Crippen LogP) is 5.93. The summed E-state index contributed by atoms with van der Waals surface area (Å²) in [7, 11) is 0. The molecule has 2 atom stereocenters. The van der Waals surface area contributed by atoms with Crippen LogP contribution >= 0.6 is 0 Å². The van der Waals surface area contributed by atoms with E-state index in [4.69, 9.17) is 9.68 Å². The number of fused-ring (bicyclic) bond motifs is 1. The highest BCUT2D eigenvalue weighted by atomic mass is 19.4. The quantitative estimate of drug-likeness (QED) is 0.322. The average Bonchev–Trinajstić information content (AvgIpc) is 3.54. The van der Waals surface area contributed by atoms with Gasteiger partial charge in [-0.25, -0.2) is 18.6 Å². The van der Waals surface area contributed by atoms with Crippen LogP contribution in [-0.4, -0.2) is 46.5 Å². The van der Waals surface area contributed by atoms with Gasteiger partial charge in [0.15, 0.2) is 5.58 Å². The highest BCUT2D eigenvalue weighted by molar-refractivity contribution is 5.85. The minimum absolute atomic E-state index is 0.0915. The van der Waals surface area contributed by atoms with Gasteiger partial charge in [0.2, 0.25) is 11.8 Å². The molecule has 1 saturated heterocycles. The molecule has 2 heterocycles. The summed E-state index contributed by atoms with van der Waals surface area (Å²) in [4.78, 5) is 30.2. The number of aromatic nitrogens is 1. The van der Waals surface area contributed by atoms with Gasteiger partial charge in [0.1, 0.15) is 17.6 Å². The zero-order valence-corrected chi connectivity index (χ0v) is 22.2. The van der Waals surface area contributed by atoms with Gasteiger partial charge >= 0.3 is 18.1 Å². The molecule has 0 spiro atoms. The Labute approximate surface area is 239 Å². The van der Waals surface area contributed by atoms with Crippen LogP contribution in [0.5, 0.6) is 0 Å². The number of nitriles is 1. The summed E-state index contributed by atoms with van der Waals surface area (Å²) in [6.07, 6.45) is -5.94. The molecule has 2 aromatic carbocycles. The van der Waals surface area contributed by atoms with E-state index in [1.807, 2.05) is 5.32 Å². The highest BCUT2D eigenvalue weighted by Gasteiger charge is 2.47. The molecule has 2 fully saturated rings. The predicted molar refractivity (Wildman–Crippen MR) is 136 cm³/mol. The highest BCUT2D eigenvalue weighted by Crippen LogP contribution is 2.42. The van der Waals surface area contributed by atoms with Crippen LogP contribution in [0.25, 0.3) is 11.1 Å². The van der Waals surface area contributed by atoms with E-state index < -0.39 is 72.9 Å². The minimum Gasteiger partial charge on any atom is -0.438 e. The van der Waals surface area contributed by atoms with Gasteiger partial charge in [0.05, 0.1) is 18.2 Å². The first-order valence-electron chi connectivity index (χ1n) is 13.2. The molecular weight excluding hydrogens is 587 g/mol. The standard InChI is InChI=1S/C28H24F7N5O3/c29-26(30)8-6-17(7-9-26)22(39-24(41)27(31,32)18-3-1-2-15(10-18)12-36)23-37-19-11-16(4-5-20(19)43-23)13-40-14-21(28(33,34)35)38-25(40)42/h1-5,10-11,17,21-22H,6-9,13-14H2,(H,38,42)(H,39,41)/t21-,22-/m0/s1. The van der Waals surface area contributed by atoms with Gasteiger partial charge in [-0.05, 0) is 48.6 Å². The molecule has 0 unspecified atom stereocenters. The number of hydrogen-bond donors (Lipinski definition) is 2. The molecule has 1 saturated carbocycles. The summed E-state index contributed by atoms with van der Waals surface area (Å²) in [6, 6.07) is 6.17. The Morgan fingerprint density at radius 3 is 2.53 bits per heavy atom. The van der Waals surface area contributed by atoms with E-state index in [2.05, 4.69) is 10.3 Å². The van der Waals surface area contributed by atoms with Gasteiger partial charge in [0.25, 0.3) is 5.91 Å². The lowest BCUT2D eigenvalue weighted by atomic mass is 9.81. The molecule has 5 rings (SSSR count). The molecule has 8 nitrogen and oxygen atoms in total. The van der Waals surface area contributed by atoms with Crippen molar-refractivity contribution in [3.05, 3.63) is 65.0 Å². The summed E-state index contributed by atoms with van der Waals surface area (Å²) < 4.78 is 103. The number of nitrogens with one attached hydrogen (secondary N) is 2. The topological polar surface area (TPSA) is 111 Å². The van der Waals surface area contributed by atoms with Gasteiger partial charge < -0.3 is 20.0 Å². The van der Waals surface area contributed by atoms with Gasteiger partial charge in [-0.1, -0.05) is 18.2 Å². The summed E-state index contributed by atoms with van der Waals surface area (Å²) in [5.41, 5.74) is -0.128. The van der Waals surface area contributed by atoms with Crippen molar-refractivity contribution in [1.29, 1.82) is 5.26 Å². The maximum atomic E-state index is 15.2. The van der Waals surface area contributed by atoms with Crippen molar-refractivity contribution in [1.82, 2.24) is 20.5 Å². The normalized spacial score (nSPS) is 20.1. The molecule has 1 aliphatic heterocycles. The van der Waals surface area contributed by atoms with Crippen molar-refractivity contribution >= 4 is 23.0 Å². The smallest absolute Gasteiger partial charge is 0.410 e. The number of carbonyl (C=O) groups excluding carboxylic acids is 2. The molecule has 43 heavy (non-hydrogen) atoms. The maximum absolute atomic E-state index is 15.2. The van der Waals surface area contributed by atoms with Gasteiger partial charge in [-0.2, -0.15) is 27.2 Å². The molecule has 2 aliphatic rings. The Balaban J connectivity index is 1.41. The molecule has 3 aromatic rings. The van der Waals surface area contributed by atoms with Gasteiger partial charge in [0, 0.05) is 24.9 Å². The largest absolute Gasteiger partial charge is 0.438 e. The number of alkyl halides is 7. The van der Waals surface area contributed by atoms with Crippen LogP contribution in [0.1, 0.15) is 54.3 Å². The van der Waals surface area contributed by atoms with Crippen molar-refractivity contribution in [3.63, 3.8) is 0 Å². The fourth-order valence-electron chi connectivity index (χ4n) is 5.28. The fourth-order valence-corrected chi connectivity index (χ4v) is 5.28. The Morgan fingerprint density at radius 2 is 1.88 bits per heavy atom. The van der Waals surface area contributed by atoms with Crippen LogP contribution in [0.3, 0.4) is 0 Å². The lowest BCUT2D eigenvalue weighted by Gasteiger charge is -2.33. The number of carbonyl (C=O) groups is 2. The third-order valence-corrected chi connectivity index (χ3v) is 7.65. The Bertz CT molecular complexity index is 1570. The van der Waals surface area contributed by atoms with E-state index in [1.54, 1.807) is 6.07 Å². The third-order valence-electron chi connectivity index (χ3n) is 7.65. The van der Waals surface area contributed by atoms with Crippen LogP contribution in [0.4, 0.5) is 35.5 Å².